The Kier molecular flexibility index (Phi) is 5.74. The van der Waals surface area contributed by atoms with Gasteiger partial charge in [0.1, 0.15) is 5.69 Å². The number of carbonyl (C=O) groups is 1. The number of nitrogens with one attached hydrogen (secondary N) is 2. The number of aromatic nitrogens is 2. The molecule has 0 unspecified atom stereocenters. The lowest BCUT2D eigenvalue weighted by molar-refractivity contribution is -0.137. The van der Waals surface area contributed by atoms with Crippen LogP contribution in [0.3, 0.4) is 0 Å². The lowest BCUT2D eigenvalue weighted by Gasteiger charge is -2.10. The molecular weight excluding hydrogens is 391 g/mol. The molecule has 0 aliphatic carbocycles. The van der Waals surface area contributed by atoms with Gasteiger partial charge in [0.2, 0.25) is 0 Å². The Morgan fingerprint density at radius 3 is 2.50 bits per heavy atom. The van der Waals surface area contributed by atoms with Crippen molar-refractivity contribution in [1.82, 2.24) is 10.2 Å². The van der Waals surface area contributed by atoms with Crippen molar-refractivity contribution in [3.05, 3.63) is 70.4 Å². The number of hydrogen-bond donors (Lipinski definition) is 2. The molecule has 1 amide bonds. The van der Waals surface area contributed by atoms with Gasteiger partial charge in [-0.25, -0.2) is 0 Å². The number of aryl methyl sites for hydroxylation is 1. The highest BCUT2D eigenvalue weighted by atomic mass is 35.5. The summed E-state index contributed by atoms with van der Waals surface area (Å²) in [6.07, 6.45) is -2.98. The Morgan fingerprint density at radius 2 is 1.89 bits per heavy atom. The van der Waals surface area contributed by atoms with Crippen molar-refractivity contribution in [2.24, 2.45) is 0 Å². The summed E-state index contributed by atoms with van der Waals surface area (Å²) in [6, 6.07) is 11.1. The minimum Gasteiger partial charge on any atom is -0.319 e. The Balaban J connectivity index is 1.92. The standard InChI is InChI=1S/C20H17ClF3N3O/c1-2-4-16-18(17(27-26-16)13-5-3-6-15(21)11-13)25-19(28)12-7-9-14(10-8-12)20(22,23)24/h3,5-11H,2,4H2,1H3,(H,25,28)(H,26,27). The maximum atomic E-state index is 12.7. The molecule has 2 N–H and O–H groups in total. The SMILES string of the molecule is CCCc1[nH]nc(-c2cccc(Cl)c2)c1NC(=O)c1ccc(C(F)(F)F)cc1. The van der Waals surface area contributed by atoms with Crippen LogP contribution < -0.4 is 5.32 Å². The van der Waals surface area contributed by atoms with Crippen molar-refractivity contribution in [1.29, 1.82) is 0 Å². The molecule has 3 rings (SSSR count). The van der Waals surface area contributed by atoms with Crippen LogP contribution in [0.1, 0.15) is 35.0 Å². The van der Waals surface area contributed by atoms with Gasteiger partial charge < -0.3 is 5.32 Å². The first kappa shape index (κ1) is 19.9. The quantitative estimate of drug-likeness (QED) is 0.548. The van der Waals surface area contributed by atoms with Crippen molar-refractivity contribution < 1.29 is 18.0 Å². The molecule has 8 heteroatoms. The molecule has 2 aromatic carbocycles. The Bertz CT molecular complexity index is 981. The topological polar surface area (TPSA) is 57.8 Å². The summed E-state index contributed by atoms with van der Waals surface area (Å²) in [7, 11) is 0. The third kappa shape index (κ3) is 4.36. The summed E-state index contributed by atoms with van der Waals surface area (Å²) >= 11 is 6.05. The maximum Gasteiger partial charge on any atom is 0.416 e. The van der Waals surface area contributed by atoms with E-state index in [9.17, 15) is 18.0 Å². The molecule has 4 nitrogen and oxygen atoms in total. The Labute approximate surface area is 164 Å². The van der Waals surface area contributed by atoms with Gasteiger partial charge in [0, 0.05) is 16.1 Å². The van der Waals surface area contributed by atoms with E-state index in [1.165, 1.54) is 0 Å². The minimum absolute atomic E-state index is 0.119. The number of halogens is 4. The van der Waals surface area contributed by atoms with Crippen molar-refractivity contribution in [3.63, 3.8) is 0 Å². The van der Waals surface area contributed by atoms with Crippen LogP contribution in [0.2, 0.25) is 5.02 Å². The van der Waals surface area contributed by atoms with Gasteiger partial charge in [-0.1, -0.05) is 37.1 Å². The van der Waals surface area contributed by atoms with Crippen LogP contribution >= 0.6 is 11.6 Å². The second kappa shape index (κ2) is 8.06. The molecule has 1 aromatic heterocycles. The first-order valence-corrected chi connectivity index (χ1v) is 8.99. The number of amides is 1. The van der Waals surface area contributed by atoms with Gasteiger partial charge in [-0.3, -0.25) is 9.89 Å². The number of nitrogens with zero attached hydrogens (tertiary/aromatic N) is 1. The van der Waals surface area contributed by atoms with Crippen LogP contribution in [0.4, 0.5) is 18.9 Å². The third-order valence-corrected chi connectivity index (χ3v) is 4.39. The molecule has 0 bridgehead atoms. The molecule has 0 atom stereocenters. The van der Waals surface area contributed by atoms with E-state index in [1.54, 1.807) is 18.2 Å². The zero-order valence-electron chi connectivity index (χ0n) is 14.9. The van der Waals surface area contributed by atoms with Gasteiger partial charge in [0.05, 0.1) is 16.9 Å². The fraction of sp³-hybridized carbons (Fsp3) is 0.200. The summed E-state index contributed by atoms with van der Waals surface area (Å²) in [4.78, 5) is 12.6. The largest absolute Gasteiger partial charge is 0.416 e. The summed E-state index contributed by atoms with van der Waals surface area (Å²) in [5.41, 5.74) is 1.78. The van der Waals surface area contributed by atoms with Crippen LogP contribution in [0.25, 0.3) is 11.3 Å². The smallest absolute Gasteiger partial charge is 0.319 e. The lowest BCUT2D eigenvalue weighted by Crippen LogP contribution is -2.14. The zero-order valence-corrected chi connectivity index (χ0v) is 15.7. The summed E-state index contributed by atoms with van der Waals surface area (Å²) < 4.78 is 38.1. The molecule has 146 valence electrons. The summed E-state index contributed by atoms with van der Waals surface area (Å²) in [5, 5.41) is 10.5. The zero-order chi connectivity index (χ0) is 20.3. The van der Waals surface area contributed by atoms with E-state index in [0.717, 1.165) is 36.4 Å². The van der Waals surface area contributed by atoms with Crippen LogP contribution in [0, 0.1) is 0 Å². The first-order chi connectivity index (χ1) is 13.3. The lowest BCUT2D eigenvalue weighted by atomic mass is 10.1. The second-order valence-corrected chi connectivity index (χ2v) is 6.65. The van der Waals surface area contributed by atoms with E-state index in [2.05, 4.69) is 15.5 Å². The molecular formula is C20H17ClF3N3O. The minimum atomic E-state index is -4.45. The van der Waals surface area contributed by atoms with Gasteiger partial charge >= 0.3 is 6.18 Å². The predicted octanol–water partition coefficient (Wildman–Crippen LogP) is 5.95. The molecule has 0 radical (unpaired) electrons. The fourth-order valence-corrected chi connectivity index (χ4v) is 2.97. The molecule has 0 spiro atoms. The molecule has 28 heavy (non-hydrogen) atoms. The highest BCUT2D eigenvalue weighted by molar-refractivity contribution is 6.30. The van der Waals surface area contributed by atoms with Gasteiger partial charge in [0.25, 0.3) is 5.91 Å². The highest BCUT2D eigenvalue weighted by Gasteiger charge is 2.30. The van der Waals surface area contributed by atoms with Crippen LogP contribution in [0.5, 0.6) is 0 Å². The Hall–Kier alpha value is -2.80. The summed E-state index contributed by atoms with van der Waals surface area (Å²) in [6.45, 7) is 1.99. The molecule has 0 aliphatic rings. The monoisotopic (exact) mass is 407 g/mol. The number of alkyl halides is 3. The second-order valence-electron chi connectivity index (χ2n) is 6.22. The molecule has 0 saturated heterocycles. The van der Waals surface area contributed by atoms with Crippen molar-refractivity contribution >= 4 is 23.2 Å². The van der Waals surface area contributed by atoms with Crippen LogP contribution in [-0.2, 0) is 12.6 Å². The van der Waals surface area contributed by atoms with Gasteiger partial charge in [-0.05, 0) is 42.8 Å². The number of rotatable bonds is 5. The first-order valence-electron chi connectivity index (χ1n) is 8.61. The van der Waals surface area contributed by atoms with E-state index in [1.807, 2.05) is 13.0 Å². The number of anilines is 1. The summed E-state index contributed by atoms with van der Waals surface area (Å²) in [5.74, 6) is -0.518. The highest BCUT2D eigenvalue weighted by Crippen LogP contribution is 2.32. The van der Waals surface area contributed by atoms with Gasteiger partial charge in [-0.15, -0.1) is 0 Å². The third-order valence-electron chi connectivity index (χ3n) is 4.15. The van der Waals surface area contributed by atoms with Crippen molar-refractivity contribution in [2.45, 2.75) is 25.9 Å². The number of benzene rings is 2. The van der Waals surface area contributed by atoms with E-state index >= 15 is 0 Å². The molecule has 3 aromatic rings. The predicted molar refractivity (Wildman–Crippen MR) is 102 cm³/mol. The number of H-pyrrole nitrogens is 1. The average molecular weight is 408 g/mol. The Morgan fingerprint density at radius 1 is 1.18 bits per heavy atom. The van der Waals surface area contributed by atoms with E-state index < -0.39 is 17.6 Å². The van der Waals surface area contributed by atoms with Gasteiger partial charge in [0.15, 0.2) is 0 Å². The molecule has 1 heterocycles. The number of hydrogen-bond acceptors (Lipinski definition) is 2. The van der Waals surface area contributed by atoms with Crippen LogP contribution in [-0.4, -0.2) is 16.1 Å². The average Bonchev–Trinajstić information content (AvgIpc) is 3.04. The maximum absolute atomic E-state index is 12.7. The molecule has 0 saturated carbocycles. The van der Waals surface area contributed by atoms with Gasteiger partial charge in [-0.2, -0.15) is 18.3 Å². The van der Waals surface area contributed by atoms with Crippen molar-refractivity contribution in [2.75, 3.05) is 5.32 Å². The van der Waals surface area contributed by atoms with E-state index in [4.69, 9.17) is 11.6 Å². The van der Waals surface area contributed by atoms with Crippen LogP contribution in [0.15, 0.2) is 48.5 Å². The normalized spacial score (nSPS) is 11.5. The number of aromatic amines is 1. The molecule has 0 fully saturated rings. The fourth-order valence-electron chi connectivity index (χ4n) is 2.78. The molecule has 0 aliphatic heterocycles. The van der Waals surface area contributed by atoms with E-state index in [0.29, 0.717) is 28.4 Å². The van der Waals surface area contributed by atoms with E-state index in [-0.39, 0.29) is 5.56 Å². The van der Waals surface area contributed by atoms with Crippen molar-refractivity contribution in [3.8, 4) is 11.3 Å². The number of carbonyl (C=O) groups excluding carboxylic acids is 1.